The van der Waals surface area contributed by atoms with Crippen molar-refractivity contribution in [3.05, 3.63) is 52.8 Å². The number of carbonyl (C=O) groups excluding carboxylic acids is 1. The number of aryl methyl sites for hydroxylation is 1. The van der Waals surface area contributed by atoms with Crippen molar-refractivity contribution in [3.63, 3.8) is 0 Å². The topological polar surface area (TPSA) is 50.2 Å². The van der Waals surface area contributed by atoms with E-state index in [0.29, 0.717) is 12.1 Å². The first-order valence-electron chi connectivity index (χ1n) is 9.21. The number of nitrogens with zero attached hydrogens (tertiary/aromatic N) is 3. The second kappa shape index (κ2) is 8.30. The highest BCUT2D eigenvalue weighted by molar-refractivity contribution is 5.94. The number of aromatic nitrogens is 2. The summed E-state index contributed by atoms with van der Waals surface area (Å²) in [4.78, 5) is 15.0. The summed E-state index contributed by atoms with van der Waals surface area (Å²) in [5, 5.41) is 7.19. The molecule has 2 aromatic rings. The van der Waals surface area contributed by atoms with E-state index in [0.717, 1.165) is 12.2 Å². The zero-order valence-corrected chi connectivity index (χ0v) is 15.3. The van der Waals surface area contributed by atoms with Gasteiger partial charge in [0.05, 0.1) is 11.8 Å². The van der Waals surface area contributed by atoms with Crippen LogP contribution in [0.1, 0.15) is 52.9 Å². The van der Waals surface area contributed by atoms with Gasteiger partial charge in [-0.3, -0.25) is 14.4 Å². The Bertz CT molecular complexity index is 714. The maximum absolute atomic E-state index is 12.4. The molecule has 5 heteroatoms. The highest BCUT2D eigenvalue weighted by atomic mass is 16.1. The second-order valence-corrected chi connectivity index (χ2v) is 6.91. The van der Waals surface area contributed by atoms with Gasteiger partial charge in [-0.25, -0.2) is 0 Å². The highest BCUT2D eigenvalue weighted by Crippen LogP contribution is 2.16. The smallest absolute Gasteiger partial charge is 0.255 e. The summed E-state index contributed by atoms with van der Waals surface area (Å²) in [6, 6.07) is 8.43. The molecule has 0 spiro atoms. The van der Waals surface area contributed by atoms with Crippen LogP contribution >= 0.6 is 0 Å². The van der Waals surface area contributed by atoms with Gasteiger partial charge in [0, 0.05) is 25.8 Å². The molecule has 134 valence electrons. The van der Waals surface area contributed by atoms with E-state index in [1.165, 1.54) is 49.9 Å². The molecule has 3 rings (SSSR count). The molecule has 0 saturated carbocycles. The molecule has 1 aromatic heterocycles. The fourth-order valence-electron chi connectivity index (χ4n) is 3.41. The third-order valence-electron chi connectivity index (χ3n) is 5.13. The fraction of sp³-hybridized carbons (Fsp3) is 0.500. The molecule has 25 heavy (non-hydrogen) atoms. The van der Waals surface area contributed by atoms with Crippen LogP contribution in [0.25, 0.3) is 0 Å². The number of hydrogen-bond donors (Lipinski definition) is 1. The standard InChI is InChI=1S/C20H28N4O/c1-16-19(14-22-23(16)2)20(25)21-13-17-9-5-6-10-18(17)15-24-11-7-3-4-8-12-24/h5-6,9-10,14H,3-4,7-8,11-13,15H2,1-2H3,(H,21,25). The van der Waals surface area contributed by atoms with Crippen molar-refractivity contribution in [2.45, 2.75) is 45.7 Å². The minimum absolute atomic E-state index is 0.0600. The number of likely N-dealkylation sites (tertiary alicyclic amines) is 1. The monoisotopic (exact) mass is 340 g/mol. The van der Waals surface area contributed by atoms with E-state index >= 15 is 0 Å². The first-order valence-corrected chi connectivity index (χ1v) is 9.21. The Balaban J connectivity index is 1.64. The quantitative estimate of drug-likeness (QED) is 0.910. The van der Waals surface area contributed by atoms with E-state index in [1.807, 2.05) is 20.0 Å². The first kappa shape index (κ1) is 17.7. The lowest BCUT2D eigenvalue weighted by atomic mass is 10.1. The SMILES string of the molecule is Cc1c(C(=O)NCc2ccccc2CN2CCCCCC2)cnn1C. The summed E-state index contributed by atoms with van der Waals surface area (Å²) < 4.78 is 1.72. The van der Waals surface area contributed by atoms with Crippen molar-refractivity contribution in [2.75, 3.05) is 13.1 Å². The highest BCUT2D eigenvalue weighted by Gasteiger charge is 2.14. The minimum atomic E-state index is -0.0600. The normalized spacial score (nSPS) is 15.8. The van der Waals surface area contributed by atoms with Crippen LogP contribution in [0.2, 0.25) is 0 Å². The zero-order chi connectivity index (χ0) is 17.6. The molecule has 5 nitrogen and oxygen atoms in total. The number of hydrogen-bond acceptors (Lipinski definition) is 3. The first-order chi connectivity index (χ1) is 12.1. The van der Waals surface area contributed by atoms with Gasteiger partial charge < -0.3 is 5.32 Å². The molecule has 0 unspecified atom stereocenters. The van der Waals surface area contributed by atoms with E-state index in [9.17, 15) is 4.79 Å². The lowest BCUT2D eigenvalue weighted by Crippen LogP contribution is -2.27. The van der Waals surface area contributed by atoms with Crippen LogP contribution in [0.4, 0.5) is 0 Å². The Kier molecular flexibility index (Phi) is 5.87. The lowest BCUT2D eigenvalue weighted by Gasteiger charge is -2.21. The lowest BCUT2D eigenvalue weighted by molar-refractivity contribution is 0.0950. The van der Waals surface area contributed by atoms with Crippen molar-refractivity contribution < 1.29 is 4.79 Å². The number of benzene rings is 1. The van der Waals surface area contributed by atoms with Gasteiger partial charge >= 0.3 is 0 Å². The Labute approximate surface area is 150 Å². The summed E-state index contributed by atoms with van der Waals surface area (Å²) in [5.41, 5.74) is 4.04. The summed E-state index contributed by atoms with van der Waals surface area (Å²) in [6.45, 7) is 5.79. The summed E-state index contributed by atoms with van der Waals surface area (Å²) in [7, 11) is 1.85. The number of amides is 1. The number of nitrogens with one attached hydrogen (secondary N) is 1. The molecule has 1 aliphatic rings. The third kappa shape index (κ3) is 4.48. The van der Waals surface area contributed by atoms with E-state index in [-0.39, 0.29) is 5.91 Å². The van der Waals surface area contributed by atoms with Crippen molar-refractivity contribution >= 4 is 5.91 Å². The third-order valence-corrected chi connectivity index (χ3v) is 5.13. The van der Waals surface area contributed by atoms with Crippen LogP contribution in [0, 0.1) is 6.92 Å². The molecule has 0 bridgehead atoms. The average Bonchev–Trinajstić information content (AvgIpc) is 2.81. The van der Waals surface area contributed by atoms with Gasteiger partial charge in [0.25, 0.3) is 5.91 Å². The molecule has 1 aromatic carbocycles. The van der Waals surface area contributed by atoms with Gasteiger partial charge in [-0.1, -0.05) is 37.1 Å². The van der Waals surface area contributed by atoms with Gasteiger partial charge in [-0.15, -0.1) is 0 Å². The van der Waals surface area contributed by atoms with Crippen molar-refractivity contribution in [3.8, 4) is 0 Å². The van der Waals surface area contributed by atoms with E-state index in [2.05, 4.69) is 33.5 Å². The maximum atomic E-state index is 12.4. The zero-order valence-electron chi connectivity index (χ0n) is 15.3. The summed E-state index contributed by atoms with van der Waals surface area (Å²) in [5.74, 6) is -0.0600. The van der Waals surface area contributed by atoms with Crippen LogP contribution in [-0.4, -0.2) is 33.7 Å². The Morgan fingerprint density at radius 3 is 2.44 bits per heavy atom. The number of rotatable bonds is 5. The molecule has 0 atom stereocenters. The maximum Gasteiger partial charge on any atom is 0.255 e. The van der Waals surface area contributed by atoms with Gasteiger partial charge in [0.15, 0.2) is 0 Å². The van der Waals surface area contributed by atoms with Crippen LogP contribution in [0.3, 0.4) is 0 Å². The van der Waals surface area contributed by atoms with Crippen molar-refractivity contribution in [1.82, 2.24) is 20.0 Å². The Morgan fingerprint density at radius 1 is 1.12 bits per heavy atom. The average molecular weight is 340 g/mol. The Hall–Kier alpha value is -2.14. The molecule has 0 aliphatic carbocycles. The van der Waals surface area contributed by atoms with E-state index in [4.69, 9.17) is 0 Å². The van der Waals surface area contributed by atoms with Crippen LogP contribution < -0.4 is 5.32 Å². The Morgan fingerprint density at radius 2 is 1.80 bits per heavy atom. The predicted molar refractivity (Wildman–Crippen MR) is 99.3 cm³/mol. The predicted octanol–water partition coefficient (Wildman–Crippen LogP) is 3.03. The molecule has 2 heterocycles. The van der Waals surface area contributed by atoms with Gasteiger partial charge in [0.2, 0.25) is 0 Å². The van der Waals surface area contributed by atoms with E-state index < -0.39 is 0 Å². The van der Waals surface area contributed by atoms with Crippen LogP contribution in [0.5, 0.6) is 0 Å². The largest absolute Gasteiger partial charge is 0.348 e. The van der Waals surface area contributed by atoms with Gasteiger partial charge in [0.1, 0.15) is 0 Å². The summed E-state index contributed by atoms with van der Waals surface area (Å²) in [6.07, 6.45) is 6.91. The molecule has 1 fully saturated rings. The van der Waals surface area contributed by atoms with Crippen molar-refractivity contribution in [1.29, 1.82) is 0 Å². The van der Waals surface area contributed by atoms with Gasteiger partial charge in [-0.05, 0) is 44.0 Å². The van der Waals surface area contributed by atoms with Crippen LogP contribution in [0.15, 0.2) is 30.5 Å². The van der Waals surface area contributed by atoms with Gasteiger partial charge in [-0.2, -0.15) is 5.10 Å². The minimum Gasteiger partial charge on any atom is -0.348 e. The van der Waals surface area contributed by atoms with Crippen LogP contribution in [-0.2, 0) is 20.1 Å². The van der Waals surface area contributed by atoms with Crippen molar-refractivity contribution in [2.24, 2.45) is 7.05 Å². The molecule has 1 saturated heterocycles. The number of carbonyl (C=O) groups is 1. The fourth-order valence-corrected chi connectivity index (χ4v) is 3.41. The van der Waals surface area contributed by atoms with E-state index in [1.54, 1.807) is 10.9 Å². The molecule has 1 aliphatic heterocycles. The molecule has 1 N–H and O–H groups in total. The molecule has 0 radical (unpaired) electrons. The molecule has 1 amide bonds. The molecular formula is C20H28N4O. The summed E-state index contributed by atoms with van der Waals surface area (Å²) >= 11 is 0. The molecular weight excluding hydrogens is 312 g/mol. The second-order valence-electron chi connectivity index (χ2n) is 6.91.